The zero-order chi connectivity index (χ0) is 6.99. The van der Waals surface area contributed by atoms with Crippen LogP contribution in [0.1, 0.15) is 13.8 Å². The minimum absolute atomic E-state index is 0.139. The van der Waals surface area contributed by atoms with E-state index in [1.165, 1.54) is 6.92 Å². The van der Waals surface area contributed by atoms with Gasteiger partial charge >= 0.3 is 0 Å². The van der Waals surface area contributed by atoms with Gasteiger partial charge in [0, 0.05) is 5.33 Å². The summed E-state index contributed by atoms with van der Waals surface area (Å²) in [5.74, 6) is 0. The molecular formula is C5H13BrO2. The molecule has 0 heterocycles. The van der Waals surface area contributed by atoms with E-state index in [0.29, 0.717) is 0 Å². The summed E-state index contributed by atoms with van der Waals surface area (Å²) < 4.78 is 0. The zero-order valence-electron chi connectivity index (χ0n) is 5.26. The highest BCUT2D eigenvalue weighted by Crippen LogP contribution is 1.68. The lowest BCUT2D eigenvalue weighted by atomic mass is 10.5. The summed E-state index contributed by atoms with van der Waals surface area (Å²) in [4.78, 5) is 0. The molecule has 52 valence electrons. The van der Waals surface area contributed by atoms with Crippen molar-refractivity contribution in [2.24, 2.45) is 0 Å². The molecule has 0 fully saturated rings. The maximum absolute atomic E-state index is 8.11. The number of hydrogen-bond acceptors (Lipinski definition) is 2. The Morgan fingerprint density at radius 3 is 1.75 bits per heavy atom. The second-order valence-electron chi connectivity index (χ2n) is 1.30. The summed E-state index contributed by atoms with van der Waals surface area (Å²) in [6, 6.07) is 0. The van der Waals surface area contributed by atoms with E-state index in [-0.39, 0.29) is 6.61 Å². The van der Waals surface area contributed by atoms with Crippen molar-refractivity contribution in [3.63, 3.8) is 0 Å². The van der Waals surface area contributed by atoms with Crippen LogP contribution in [0.25, 0.3) is 0 Å². The van der Waals surface area contributed by atoms with E-state index in [2.05, 4.69) is 15.9 Å². The number of alkyl halides is 1. The van der Waals surface area contributed by atoms with Crippen LogP contribution in [0, 0.1) is 0 Å². The van der Waals surface area contributed by atoms with Gasteiger partial charge in [-0.15, -0.1) is 0 Å². The molecule has 0 spiro atoms. The van der Waals surface area contributed by atoms with Crippen molar-refractivity contribution < 1.29 is 10.2 Å². The van der Waals surface area contributed by atoms with Crippen LogP contribution in [-0.2, 0) is 0 Å². The molecule has 0 amide bonds. The minimum atomic E-state index is -0.560. The Balaban J connectivity index is 0. The standard InChI is InChI=1S/C3H8O2.C2H5Br/c1-3(5)2-4;1-2-3/h3-5H,2H2,1H3;2H2,1H3. The molecular weight excluding hydrogens is 172 g/mol. The molecule has 0 bridgehead atoms. The fourth-order valence-corrected chi connectivity index (χ4v) is 0. The van der Waals surface area contributed by atoms with Gasteiger partial charge in [0.05, 0.1) is 12.7 Å². The van der Waals surface area contributed by atoms with Crippen molar-refractivity contribution in [1.29, 1.82) is 0 Å². The summed E-state index contributed by atoms with van der Waals surface area (Å²) >= 11 is 3.15. The maximum atomic E-state index is 8.11. The second kappa shape index (κ2) is 10.4. The normalized spacial score (nSPS) is 11.6. The van der Waals surface area contributed by atoms with Crippen molar-refractivity contribution >= 4 is 15.9 Å². The second-order valence-corrected chi connectivity index (χ2v) is 2.42. The SMILES string of the molecule is CC(O)CO.CCBr. The van der Waals surface area contributed by atoms with Crippen molar-refractivity contribution in [2.45, 2.75) is 20.0 Å². The van der Waals surface area contributed by atoms with E-state index in [9.17, 15) is 0 Å². The molecule has 1 atom stereocenters. The van der Waals surface area contributed by atoms with E-state index in [1.807, 2.05) is 6.92 Å². The van der Waals surface area contributed by atoms with Gasteiger partial charge in [-0.2, -0.15) is 0 Å². The van der Waals surface area contributed by atoms with Gasteiger partial charge in [0.25, 0.3) is 0 Å². The van der Waals surface area contributed by atoms with Crippen LogP contribution >= 0.6 is 15.9 Å². The number of aliphatic hydroxyl groups excluding tert-OH is 2. The first-order chi connectivity index (χ1) is 3.68. The Morgan fingerprint density at radius 1 is 1.62 bits per heavy atom. The Kier molecular flexibility index (Phi) is 14.6. The average molecular weight is 185 g/mol. The first-order valence-electron chi connectivity index (χ1n) is 2.53. The van der Waals surface area contributed by atoms with Gasteiger partial charge in [0.2, 0.25) is 0 Å². The van der Waals surface area contributed by atoms with Crippen LogP contribution in [0.15, 0.2) is 0 Å². The molecule has 2 nitrogen and oxygen atoms in total. The Hall–Kier alpha value is 0.400. The quantitative estimate of drug-likeness (QED) is 0.592. The molecule has 0 saturated heterocycles. The summed E-state index contributed by atoms with van der Waals surface area (Å²) in [5.41, 5.74) is 0. The molecule has 0 radical (unpaired) electrons. The number of hydrogen-bond donors (Lipinski definition) is 2. The summed E-state index contributed by atoms with van der Waals surface area (Å²) in [6.45, 7) is 3.43. The number of halogens is 1. The monoisotopic (exact) mass is 184 g/mol. The van der Waals surface area contributed by atoms with E-state index >= 15 is 0 Å². The van der Waals surface area contributed by atoms with Crippen molar-refractivity contribution in [2.75, 3.05) is 11.9 Å². The Labute approximate surface area is 58.7 Å². The first-order valence-corrected chi connectivity index (χ1v) is 3.66. The predicted octanol–water partition coefficient (Wildman–Crippen LogP) is 0.761. The lowest BCUT2D eigenvalue weighted by molar-refractivity contribution is 0.110. The predicted molar refractivity (Wildman–Crippen MR) is 38.2 cm³/mol. The van der Waals surface area contributed by atoms with E-state index < -0.39 is 6.10 Å². The van der Waals surface area contributed by atoms with Gasteiger partial charge in [0.15, 0.2) is 0 Å². The minimum Gasteiger partial charge on any atom is -0.394 e. The molecule has 0 aliphatic carbocycles. The summed E-state index contributed by atoms with van der Waals surface area (Å²) in [5, 5.41) is 17.1. The molecule has 0 rings (SSSR count). The number of aliphatic hydroxyl groups is 2. The van der Waals surface area contributed by atoms with Gasteiger partial charge < -0.3 is 10.2 Å². The first kappa shape index (κ1) is 11.2. The highest BCUT2D eigenvalue weighted by molar-refractivity contribution is 9.09. The van der Waals surface area contributed by atoms with Crippen LogP contribution in [0.2, 0.25) is 0 Å². The third-order valence-electron chi connectivity index (χ3n) is 0.264. The van der Waals surface area contributed by atoms with Crippen LogP contribution in [0.3, 0.4) is 0 Å². The molecule has 1 unspecified atom stereocenters. The smallest absolute Gasteiger partial charge is 0.0742 e. The molecule has 0 aliphatic heterocycles. The van der Waals surface area contributed by atoms with Gasteiger partial charge in [-0.05, 0) is 6.92 Å². The van der Waals surface area contributed by atoms with Crippen LogP contribution in [0.5, 0.6) is 0 Å². The summed E-state index contributed by atoms with van der Waals surface area (Å²) in [6.07, 6.45) is -0.560. The molecule has 0 aromatic carbocycles. The third kappa shape index (κ3) is 32.4. The molecule has 3 heteroatoms. The maximum Gasteiger partial charge on any atom is 0.0742 e. The van der Waals surface area contributed by atoms with Gasteiger partial charge in [-0.25, -0.2) is 0 Å². The Bertz CT molecular complexity index is 31.6. The van der Waals surface area contributed by atoms with Crippen molar-refractivity contribution in [3.8, 4) is 0 Å². The van der Waals surface area contributed by atoms with Gasteiger partial charge in [-0.3, -0.25) is 0 Å². The largest absolute Gasteiger partial charge is 0.394 e. The van der Waals surface area contributed by atoms with E-state index in [1.54, 1.807) is 0 Å². The Morgan fingerprint density at radius 2 is 1.75 bits per heavy atom. The van der Waals surface area contributed by atoms with Crippen molar-refractivity contribution in [1.82, 2.24) is 0 Å². The van der Waals surface area contributed by atoms with Gasteiger partial charge in [-0.1, -0.05) is 22.9 Å². The topological polar surface area (TPSA) is 40.5 Å². The van der Waals surface area contributed by atoms with E-state index in [4.69, 9.17) is 10.2 Å². The fourth-order valence-electron chi connectivity index (χ4n) is 0. The fraction of sp³-hybridized carbons (Fsp3) is 1.00. The average Bonchev–Trinajstić information content (AvgIpc) is 1.69. The lowest BCUT2D eigenvalue weighted by Gasteiger charge is -1.90. The lowest BCUT2D eigenvalue weighted by Crippen LogP contribution is -2.03. The highest BCUT2D eigenvalue weighted by atomic mass is 79.9. The molecule has 0 aliphatic rings. The van der Waals surface area contributed by atoms with Crippen LogP contribution in [-0.4, -0.2) is 28.3 Å². The number of rotatable bonds is 1. The van der Waals surface area contributed by atoms with Crippen LogP contribution < -0.4 is 0 Å². The summed E-state index contributed by atoms with van der Waals surface area (Å²) in [7, 11) is 0. The molecule has 0 aromatic heterocycles. The third-order valence-corrected chi connectivity index (χ3v) is 0.264. The molecule has 0 aromatic rings. The van der Waals surface area contributed by atoms with Crippen molar-refractivity contribution in [3.05, 3.63) is 0 Å². The molecule has 0 saturated carbocycles. The zero-order valence-corrected chi connectivity index (χ0v) is 6.85. The van der Waals surface area contributed by atoms with E-state index in [0.717, 1.165) is 5.33 Å². The van der Waals surface area contributed by atoms with Crippen LogP contribution in [0.4, 0.5) is 0 Å². The van der Waals surface area contributed by atoms with Gasteiger partial charge in [0.1, 0.15) is 0 Å². The molecule has 8 heavy (non-hydrogen) atoms. The molecule has 2 N–H and O–H groups in total. The highest BCUT2D eigenvalue weighted by Gasteiger charge is 1.83.